The fourth-order valence-electron chi connectivity index (χ4n) is 1.10. The highest BCUT2D eigenvalue weighted by atomic mass is 32.2. The van der Waals surface area contributed by atoms with Gasteiger partial charge in [-0.3, -0.25) is 0 Å². The molecule has 0 saturated carbocycles. The van der Waals surface area contributed by atoms with Crippen molar-refractivity contribution in [1.82, 2.24) is 0 Å². The molecule has 0 aliphatic carbocycles. The molecule has 0 spiro atoms. The summed E-state index contributed by atoms with van der Waals surface area (Å²) in [5.74, 6) is 1.73. The fourth-order valence-corrected chi connectivity index (χ4v) is 1.92. The summed E-state index contributed by atoms with van der Waals surface area (Å²) in [6.07, 6.45) is 0. The summed E-state index contributed by atoms with van der Waals surface area (Å²) in [6.45, 7) is 1.98. The molecule has 1 aromatic rings. The van der Waals surface area contributed by atoms with Gasteiger partial charge < -0.3 is 9.47 Å². The van der Waals surface area contributed by atoms with Crippen LogP contribution in [0.4, 0.5) is 0 Å². The van der Waals surface area contributed by atoms with Crippen LogP contribution in [0.1, 0.15) is 12.5 Å². The Balaban J connectivity index is 3.01. The summed E-state index contributed by atoms with van der Waals surface area (Å²) in [6, 6.07) is 7.18. The number of methoxy groups -OCH3 is 1. The predicted octanol–water partition coefficient (Wildman–Crippen LogP) is 2.98. The first kappa shape index (κ1) is 12.8. The van der Waals surface area contributed by atoms with Crippen LogP contribution in [0.2, 0.25) is 0 Å². The highest BCUT2D eigenvalue weighted by Crippen LogP contribution is 2.31. The number of nitrogens with zero attached hydrogens (tertiary/aromatic N) is 1. The van der Waals surface area contributed by atoms with Crippen molar-refractivity contribution in [2.45, 2.75) is 6.92 Å². The third kappa shape index (κ3) is 3.12. The molecule has 0 bridgehead atoms. The van der Waals surface area contributed by atoms with Gasteiger partial charge in [0.1, 0.15) is 6.07 Å². The van der Waals surface area contributed by atoms with E-state index in [9.17, 15) is 0 Å². The van der Waals surface area contributed by atoms with Gasteiger partial charge in [0.25, 0.3) is 0 Å². The van der Waals surface area contributed by atoms with Crippen molar-refractivity contribution >= 4 is 28.4 Å². The van der Waals surface area contributed by atoms with Crippen molar-refractivity contribution < 1.29 is 9.47 Å². The Kier molecular flexibility index (Phi) is 5.09. The van der Waals surface area contributed by atoms with Crippen molar-refractivity contribution in [3.05, 3.63) is 23.8 Å². The smallest absolute Gasteiger partial charge is 0.226 e. The number of benzene rings is 1. The van der Waals surface area contributed by atoms with Crippen LogP contribution in [0.15, 0.2) is 18.2 Å². The Morgan fingerprint density at radius 2 is 2.31 bits per heavy atom. The summed E-state index contributed by atoms with van der Waals surface area (Å²) < 4.78 is 11.0. The van der Waals surface area contributed by atoms with E-state index in [0.29, 0.717) is 21.4 Å². The summed E-state index contributed by atoms with van der Waals surface area (Å²) in [4.78, 5) is 0. The van der Waals surface area contributed by atoms with Crippen LogP contribution in [0.25, 0.3) is 0 Å². The van der Waals surface area contributed by atoms with Gasteiger partial charge in [0.05, 0.1) is 12.7 Å². The monoisotopic (exact) mass is 253 g/mol. The Morgan fingerprint density at radius 1 is 1.56 bits per heavy atom. The van der Waals surface area contributed by atoms with Crippen LogP contribution < -0.4 is 9.47 Å². The van der Waals surface area contributed by atoms with E-state index in [1.807, 2.05) is 13.0 Å². The second-order valence-corrected chi connectivity index (χ2v) is 4.60. The van der Waals surface area contributed by atoms with Crippen molar-refractivity contribution in [3.63, 3.8) is 0 Å². The molecular weight excluding hydrogens is 242 g/mol. The van der Waals surface area contributed by atoms with E-state index in [1.54, 1.807) is 18.2 Å². The van der Waals surface area contributed by atoms with E-state index in [2.05, 4.69) is 0 Å². The van der Waals surface area contributed by atoms with Gasteiger partial charge >= 0.3 is 0 Å². The van der Waals surface area contributed by atoms with Gasteiger partial charge in [0, 0.05) is 0 Å². The minimum Gasteiger partial charge on any atom is -0.493 e. The molecule has 0 aliphatic heterocycles. The molecule has 0 amide bonds. The number of hydrogen-bond acceptors (Lipinski definition) is 5. The number of thiocarbonyl (C=S) groups is 1. The van der Waals surface area contributed by atoms with Crippen LogP contribution >= 0.6 is 24.0 Å². The lowest BCUT2D eigenvalue weighted by atomic mass is 10.2. The molecule has 0 fully saturated rings. The molecule has 1 rings (SSSR count). The predicted molar refractivity (Wildman–Crippen MR) is 69.1 cm³/mol. The largest absolute Gasteiger partial charge is 0.493 e. The summed E-state index contributed by atoms with van der Waals surface area (Å²) in [7, 11) is 1.53. The zero-order valence-electron chi connectivity index (χ0n) is 9.02. The van der Waals surface area contributed by atoms with Gasteiger partial charge in [-0.1, -0.05) is 24.8 Å². The quantitative estimate of drug-likeness (QED) is 0.775. The van der Waals surface area contributed by atoms with Gasteiger partial charge in [-0.2, -0.15) is 5.26 Å². The lowest BCUT2D eigenvalue weighted by Crippen LogP contribution is -2.03. The van der Waals surface area contributed by atoms with Crippen LogP contribution in [0.5, 0.6) is 11.5 Å². The normalized spacial score (nSPS) is 9.31. The fraction of sp³-hybridized carbons (Fsp3) is 0.273. The number of para-hydroxylation sites is 1. The molecule has 5 heteroatoms. The third-order valence-corrected chi connectivity index (χ3v) is 2.81. The van der Waals surface area contributed by atoms with Gasteiger partial charge in [-0.05, 0) is 30.1 Å². The van der Waals surface area contributed by atoms with Crippen molar-refractivity contribution in [2.24, 2.45) is 0 Å². The van der Waals surface area contributed by atoms with E-state index in [4.69, 9.17) is 27.0 Å². The molecule has 0 atom stereocenters. The summed E-state index contributed by atoms with van der Waals surface area (Å²) >= 11 is 6.43. The molecule has 0 N–H and O–H groups in total. The Bertz CT molecular complexity index is 426. The zero-order valence-corrected chi connectivity index (χ0v) is 10.7. The Morgan fingerprint density at radius 3 is 2.88 bits per heavy atom. The summed E-state index contributed by atoms with van der Waals surface area (Å²) in [5.41, 5.74) is 0.415. The molecule has 0 unspecified atom stereocenters. The average Bonchev–Trinajstić information content (AvgIpc) is 2.29. The molecule has 0 aliphatic rings. The summed E-state index contributed by atoms with van der Waals surface area (Å²) in [5, 5.41) is 8.95. The van der Waals surface area contributed by atoms with Gasteiger partial charge in [0.2, 0.25) is 4.38 Å². The van der Waals surface area contributed by atoms with E-state index in [0.717, 1.165) is 5.75 Å². The van der Waals surface area contributed by atoms with Crippen LogP contribution in [0.3, 0.4) is 0 Å². The maximum Gasteiger partial charge on any atom is 0.226 e. The number of ether oxygens (including phenoxy) is 2. The van der Waals surface area contributed by atoms with Crippen molar-refractivity contribution in [1.29, 1.82) is 5.26 Å². The van der Waals surface area contributed by atoms with Crippen molar-refractivity contribution in [2.75, 3.05) is 12.9 Å². The number of rotatable bonds is 3. The highest BCUT2D eigenvalue weighted by Gasteiger charge is 2.12. The molecule has 0 saturated heterocycles. The minimum absolute atomic E-state index is 0.387. The van der Waals surface area contributed by atoms with E-state index < -0.39 is 0 Å². The average molecular weight is 253 g/mol. The molecule has 0 radical (unpaired) electrons. The molecular formula is C11H11NO2S2. The number of hydrogen-bond donors (Lipinski definition) is 0. The van der Waals surface area contributed by atoms with E-state index in [-0.39, 0.29) is 0 Å². The van der Waals surface area contributed by atoms with Gasteiger partial charge in [-0.25, -0.2) is 0 Å². The van der Waals surface area contributed by atoms with Crippen molar-refractivity contribution in [3.8, 4) is 17.6 Å². The first-order valence-corrected chi connectivity index (χ1v) is 6.04. The van der Waals surface area contributed by atoms with Gasteiger partial charge in [0.15, 0.2) is 11.5 Å². The standard InChI is InChI=1S/C11H11NO2S2/c1-3-16-11(15)14-10-8(7-12)5-4-6-9(10)13-2/h4-6H,3H2,1-2H3. The second kappa shape index (κ2) is 6.36. The molecule has 3 nitrogen and oxygen atoms in total. The Labute approximate surface area is 104 Å². The maximum absolute atomic E-state index is 8.95. The zero-order chi connectivity index (χ0) is 12.0. The first-order valence-electron chi connectivity index (χ1n) is 4.64. The third-order valence-electron chi connectivity index (χ3n) is 1.77. The molecule has 16 heavy (non-hydrogen) atoms. The number of nitriles is 1. The first-order chi connectivity index (χ1) is 7.72. The van der Waals surface area contributed by atoms with Gasteiger partial charge in [-0.15, -0.1) is 0 Å². The topological polar surface area (TPSA) is 42.2 Å². The second-order valence-electron chi connectivity index (χ2n) is 2.73. The molecule has 1 aromatic carbocycles. The number of thioether (sulfide) groups is 1. The maximum atomic E-state index is 8.95. The Hall–Kier alpha value is -1.25. The van der Waals surface area contributed by atoms with Crippen LogP contribution in [0, 0.1) is 11.3 Å². The molecule has 0 heterocycles. The minimum atomic E-state index is 0.387. The molecule has 0 aromatic heterocycles. The SMILES string of the molecule is CCSC(=S)Oc1c(C#N)cccc1OC. The lowest BCUT2D eigenvalue weighted by Gasteiger charge is -2.11. The van der Waals surface area contributed by atoms with Crippen LogP contribution in [-0.2, 0) is 0 Å². The van der Waals surface area contributed by atoms with E-state index >= 15 is 0 Å². The van der Waals surface area contributed by atoms with Crippen LogP contribution in [-0.4, -0.2) is 17.2 Å². The van der Waals surface area contributed by atoms with E-state index in [1.165, 1.54) is 18.9 Å². The molecule has 84 valence electrons. The highest BCUT2D eigenvalue weighted by molar-refractivity contribution is 8.22. The lowest BCUT2D eigenvalue weighted by molar-refractivity contribution is 0.393.